The zero-order chi connectivity index (χ0) is 18.1. The molecule has 26 heavy (non-hydrogen) atoms. The van der Waals surface area contributed by atoms with Crippen molar-refractivity contribution in [2.75, 3.05) is 27.2 Å². The molecule has 0 aliphatic heterocycles. The van der Waals surface area contributed by atoms with Crippen molar-refractivity contribution in [3.63, 3.8) is 0 Å². The number of esters is 1. The van der Waals surface area contributed by atoms with Crippen molar-refractivity contribution in [2.24, 2.45) is 10.9 Å². The molecule has 0 aliphatic rings. The maximum Gasteiger partial charge on any atom is 0.310 e. The third kappa shape index (κ3) is 6.66. The van der Waals surface area contributed by atoms with Gasteiger partial charge in [-0.25, -0.2) is 4.68 Å². The molecule has 0 saturated carbocycles. The molecule has 7 nitrogen and oxygen atoms in total. The summed E-state index contributed by atoms with van der Waals surface area (Å²) in [6.45, 7) is 3.03. The number of carbonyl (C=O) groups excluding carboxylic acids is 1. The van der Waals surface area contributed by atoms with Crippen molar-refractivity contribution in [3.8, 4) is 5.69 Å². The van der Waals surface area contributed by atoms with Gasteiger partial charge in [0, 0.05) is 32.5 Å². The summed E-state index contributed by atoms with van der Waals surface area (Å²) in [5.74, 6) is 0.211. The largest absolute Gasteiger partial charge is 0.469 e. The molecule has 1 atom stereocenters. The Morgan fingerprint density at radius 2 is 2.04 bits per heavy atom. The highest BCUT2D eigenvalue weighted by atomic mass is 127. The molecule has 0 saturated heterocycles. The van der Waals surface area contributed by atoms with E-state index in [4.69, 9.17) is 4.74 Å². The van der Waals surface area contributed by atoms with Crippen LogP contribution in [0.2, 0.25) is 0 Å². The molecule has 2 N–H and O–H groups in total. The highest BCUT2D eigenvalue weighted by Crippen LogP contribution is 2.08. The van der Waals surface area contributed by atoms with Gasteiger partial charge in [-0.3, -0.25) is 9.79 Å². The van der Waals surface area contributed by atoms with E-state index in [0.717, 1.165) is 18.7 Å². The molecule has 0 aliphatic carbocycles. The summed E-state index contributed by atoms with van der Waals surface area (Å²) in [5, 5.41) is 10.6. The first kappa shape index (κ1) is 21.9. The maximum absolute atomic E-state index is 11.4. The van der Waals surface area contributed by atoms with Gasteiger partial charge in [0.05, 0.1) is 18.7 Å². The van der Waals surface area contributed by atoms with Crippen LogP contribution in [0.1, 0.15) is 12.5 Å². The lowest BCUT2D eigenvalue weighted by Gasteiger charge is -2.14. The van der Waals surface area contributed by atoms with Crippen LogP contribution in [0.15, 0.2) is 47.7 Å². The van der Waals surface area contributed by atoms with Gasteiger partial charge in [0.2, 0.25) is 0 Å². The van der Waals surface area contributed by atoms with E-state index < -0.39 is 0 Å². The number of hydrogen-bond acceptors (Lipinski definition) is 4. The van der Waals surface area contributed by atoms with Gasteiger partial charge in [0.1, 0.15) is 0 Å². The third-order valence-corrected chi connectivity index (χ3v) is 3.81. The minimum Gasteiger partial charge on any atom is -0.469 e. The second-order valence-electron chi connectivity index (χ2n) is 5.67. The van der Waals surface area contributed by atoms with Crippen LogP contribution in [0, 0.1) is 5.92 Å². The third-order valence-electron chi connectivity index (χ3n) is 3.81. The van der Waals surface area contributed by atoms with Crippen molar-refractivity contribution in [1.29, 1.82) is 0 Å². The van der Waals surface area contributed by atoms with E-state index in [1.165, 1.54) is 12.7 Å². The summed E-state index contributed by atoms with van der Waals surface area (Å²) in [4.78, 5) is 15.6. The summed E-state index contributed by atoms with van der Waals surface area (Å²) in [7, 11) is 3.10. The number of guanidine groups is 1. The lowest BCUT2D eigenvalue weighted by molar-refractivity contribution is -0.144. The van der Waals surface area contributed by atoms with E-state index in [0.29, 0.717) is 12.5 Å². The topological polar surface area (TPSA) is 80.5 Å². The summed E-state index contributed by atoms with van der Waals surface area (Å²) >= 11 is 0. The number of aromatic nitrogens is 2. The molecule has 0 amide bonds. The van der Waals surface area contributed by atoms with Gasteiger partial charge in [-0.05, 0) is 30.2 Å². The van der Waals surface area contributed by atoms with Crippen molar-refractivity contribution in [1.82, 2.24) is 20.4 Å². The zero-order valence-electron chi connectivity index (χ0n) is 15.3. The standard InChI is InChI=1S/C18H25N5O2.HI/c1-14(17(24)25-3)13-21-18(19-2)20-11-9-15-5-7-16(8-6-15)23-12-4-10-22-23;/h4-8,10,12,14H,9,11,13H2,1-3H3,(H2,19,20,21);1H. The molecule has 142 valence electrons. The molecule has 0 fully saturated rings. The second kappa shape index (κ2) is 11.5. The van der Waals surface area contributed by atoms with Gasteiger partial charge < -0.3 is 15.4 Å². The Kier molecular flexibility index (Phi) is 9.71. The number of ether oxygens (including phenoxy) is 1. The number of rotatable bonds is 7. The van der Waals surface area contributed by atoms with Crippen LogP contribution in [-0.2, 0) is 16.0 Å². The first-order valence-electron chi connectivity index (χ1n) is 8.25. The van der Waals surface area contributed by atoms with E-state index in [-0.39, 0.29) is 35.9 Å². The van der Waals surface area contributed by atoms with E-state index in [2.05, 4.69) is 32.9 Å². The first-order valence-corrected chi connectivity index (χ1v) is 8.25. The summed E-state index contributed by atoms with van der Waals surface area (Å²) in [6.07, 6.45) is 4.55. The molecule has 1 aromatic carbocycles. The smallest absolute Gasteiger partial charge is 0.310 e. The van der Waals surface area contributed by atoms with Crippen LogP contribution >= 0.6 is 24.0 Å². The van der Waals surface area contributed by atoms with Gasteiger partial charge in [-0.2, -0.15) is 5.10 Å². The van der Waals surface area contributed by atoms with E-state index in [9.17, 15) is 4.79 Å². The van der Waals surface area contributed by atoms with Crippen LogP contribution in [-0.4, -0.2) is 49.0 Å². The molecule has 0 radical (unpaired) electrons. The molecule has 0 spiro atoms. The number of methoxy groups -OCH3 is 1. The van der Waals surface area contributed by atoms with E-state index in [1.54, 1.807) is 13.2 Å². The molecule has 2 aromatic rings. The Bertz CT molecular complexity index is 686. The maximum atomic E-state index is 11.4. The number of aliphatic imine (C=N–C) groups is 1. The molecule has 0 bridgehead atoms. The Morgan fingerprint density at radius 3 is 2.62 bits per heavy atom. The number of carbonyl (C=O) groups is 1. The van der Waals surface area contributed by atoms with Crippen LogP contribution in [0.5, 0.6) is 0 Å². The molecule has 1 aromatic heterocycles. The summed E-state index contributed by atoms with van der Waals surface area (Å²) in [5.41, 5.74) is 2.26. The number of nitrogens with zero attached hydrogens (tertiary/aromatic N) is 3. The fraction of sp³-hybridized carbons (Fsp3) is 0.389. The Labute approximate surface area is 171 Å². The van der Waals surface area contributed by atoms with Crippen LogP contribution < -0.4 is 10.6 Å². The van der Waals surface area contributed by atoms with Gasteiger partial charge in [-0.1, -0.05) is 19.1 Å². The first-order chi connectivity index (χ1) is 12.1. The summed E-state index contributed by atoms with van der Waals surface area (Å²) in [6, 6.07) is 10.2. The minimum atomic E-state index is -0.236. The SMILES string of the molecule is CN=C(NCCc1ccc(-n2cccn2)cc1)NCC(C)C(=O)OC.I. The van der Waals surface area contributed by atoms with Gasteiger partial charge in [0.15, 0.2) is 5.96 Å². The lowest BCUT2D eigenvalue weighted by atomic mass is 10.1. The van der Waals surface area contributed by atoms with Gasteiger partial charge in [-0.15, -0.1) is 24.0 Å². The van der Waals surface area contributed by atoms with Crippen LogP contribution in [0.3, 0.4) is 0 Å². The number of halogens is 1. The monoisotopic (exact) mass is 471 g/mol. The van der Waals surface area contributed by atoms with Gasteiger partial charge in [0.25, 0.3) is 0 Å². The lowest BCUT2D eigenvalue weighted by Crippen LogP contribution is -2.41. The van der Waals surface area contributed by atoms with Crippen LogP contribution in [0.25, 0.3) is 5.69 Å². The molecule has 2 rings (SSSR count). The highest BCUT2D eigenvalue weighted by Gasteiger charge is 2.13. The number of hydrogen-bond donors (Lipinski definition) is 2. The average Bonchev–Trinajstić information content (AvgIpc) is 3.18. The molecule has 1 unspecified atom stereocenters. The fourth-order valence-corrected chi connectivity index (χ4v) is 2.32. The Hall–Kier alpha value is -2.10. The number of benzene rings is 1. The van der Waals surface area contributed by atoms with E-state index >= 15 is 0 Å². The Balaban J connectivity index is 0.00000338. The minimum absolute atomic E-state index is 0. The molecular weight excluding hydrogens is 445 g/mol. The van der Waals surface area contributed by atoms with E-state index in [1.807, 2.05) is 36.0 Å². The average molecular weight is 471 g/mol. The van der Waals surface area contributed by atoms with Crippen molar-refractivity contribution in [2.45, 2.75) is 13.3 Å². The molecule has 1 heterocycles. The molecular formula is C18H26IN5O2. The van der Waals surface area contributed by atoms with Crippen LogP contribution in [0.4, 0.5) is 0 Å². The van der Waals surface area contributed by atoms with Crippen molar-refractivity contribution in [3.05, 3.63) is 48.3 Å². The quantitative estimate of drug-likeness (QED) is 0.280. The Morgan fingerprint density at radius 1 is 1.31 bits per heavy atom. The predicted molar refractivity (Wildman–Crippen MR) is 113 cm³/mol. The number of nitrogens with one attached hydrogen (secondary N) is 2. The zero-order valence-corrected chi connectivity index (χ0v) is 17.6. The second-order valence-corrected chi connectivity index (χ2v) is 5.67. The van der Waals surface area contributed by atoms with Crippen molar-refractivity contribution >= 4 is 35.9 Å². The normalized spacial score (nSPS) is 12.0. The summed E-state index contributed by atoms with van der Waals surface area (Å²) < 4.78 is 6.54. The van der Waals surface area contributed by atoms with Gasteiger partial charge >= 0.3 is 5.97 Å². The molecule has 8 heteroatoms. The van der Waals surface area contributed by atoms with Crippen molar-refractivity contribution < 1.29 is 9.53 Å². The fourth-order valence-electron chi connectivity index (χ4n) is 2.32. The highest BCUT2D eigenvalue weighted by molar-refractivity contribution is 14.0. The predicted octanol–water partition coefficient (Wildman–Crippen LogP) is 2.01.